The molecule has 4 nitrogen and oxygen atoms in total. The zero-order valence-corrected chi connectivity index (χ0v) is 10.1. The van der Waals surface area contributed by atoms with Crippen molar-refractivity contribution in [1.82, 2.24) is 10.4 Å². The molecule has 0 aliphatic rings. The molecular formula is C12H11N3OS. The molecule has 0 bridgehead atoms. The van der Waals surface area contributed by atoms with Gasteiger partial charge in [0.15, 0.2) is 0 Å². The van der Waals surface area contributed by atoms with Crippen LogP contribution in [0.4, 0.5) is 0 Å². The van der Waals surface area contributed by atoms with Crippen molar-refractivity contribution in [2.75, 3.05) is 0 Å². The highest BCUT2D eigenvalue weighted by Gasteiger charge is 2.05. The standard InChI is InChI=1S/C12H11N3OS/c1-9(10-4-2-6-13-8-10)14-15-12(16)11-5-3-7-17-11/h2-8H,1H3,(H,15,16)/b14-9-. The van der Waals surface area contributed by atoms with Gasteiger partial charge in [-0.1, -0.05) is 12.1 Å². The van der Waals surface area contributed by atoms with E-state index in [2.05, 4.69) is 15.5 Å². The third-order valence-electron chi connectivity index (χ3n) is 2.15. The van der Waals surface area contributed by atoms with Crippen LogP contribution in [0.2, 0.25) is 0 Å². The summed E-state index contributed by atoms with van der Waals surface area (Å²) in [6, 6.07) is 7.31. The average Bonchev–Trinajstić information content (AvgIpc) is 2.90. The lowest BCUT2D eigenvalue weighted by atomic mass is 10.2. The van der Waals surface area contributed by atoms with E-state index >= 15 is 0 Å². The summed E-state index contributed by atoms with van der Waals surface area (Å²) in [6.45, 7) is 1.83. The Hall–Kier alpha value is -2.01. The zero-order chi connectivity index (χ0) is 12.1. The summed E-state index contributed by atoms with van der Waals surface area (Å²) in [4.78, 5) is 16.3. The van der Waals surface area contributed by atoms with Gasteiger partial charge in [-0.05, 0) is 24.4 Å². The van der Waals surface area contributed by atoms with Gasteiger partial charge in [-0.25, -0.2) is 5.43 Å². The lowest BCUT2D eigenvalue weighted by Gasteiger charge is -2.00. The van der Waals surface area contributed by atoms with Crippen molar-refractivity contribution < 1.29 is 4.79 Å². The monoisotopic (exact) mass is 245 g/mol. The molecule has 0 aromatic carbocycles. The van der Waals surface area contributed by atoms with Crippen LogP contribution in [0.25, 0.3) is 0 Å². The Morgan fingerprint density at radius 3 is 2.94 bits per heavy atom. The van der Waals surface area contributed by atoms with Gasteiger partial charge >= 0.3 is 0 Å². The predicted molar refractivity (Wildman–Crippen MR) is 68.2 cm³/mol. The van der Waals surface area contributed by atoms with Gasteiger partial charge in [-0.15, -0.1) is 11.3 Å². The SMILES string of the molecule is C/C(=N/NC(=O)c1cccs1)c1cccnc1. The number of rotatable bonds is 3. The molecule has 0 saturated carbocycles. The summed E-state index contributed by atoms with van der Waals surface area (Å²) in [6.07, 6.45) is 3.40. The molecule has 2 rings (SSSR count). The normalized spacial score (nSPS) is 11.2. The molecule has 0 aliphatic heterocycles. The quantitative estimate of drug-likeness (QED) is 0.666. The molecule has 1 amide bonds. The van der Waals surface area contributed by atoms with E-state index in [0.717, 1.165) is 11.3 Å². The summed E-state index contributed by atoms with van der Waals surface area (Å²) in [5, 5.41) is 5.89. The van der Waals surface area contributed by atoms with Crippen LogP contribution >= 0.6 is 11.3 Å². The highest BCUT2D eigenvalue weighted by atomic mass is 32.1. The lowest BCUT2D eigenvalue weighted by molar-refractivity contribution is 0.0959. The Labute approximate surface area is 103 Å². The van der Waals surface area contributed by atoms with Crippen LogP contribution in [0.3, 0.4) is 0 Å². The zero-order valence-electron chi connectivity index (χ0n) is 9.25. The van der Waals surface area contributed by atoms with E-state index in [9.17, 15) is 4.79 Å². The first-order valence-corrected chi connectivity index (χ1v) is 5.94. The summed E-state index contributed by atoms with van der Waals surface area (Å²) < 4.78 is 0. The van der Waals surface area contributed by atoms with E-state index in [4.69, 9.17) is 0 Å². The number of carbonyl (C=O) groups excluding carboxylic acids is 1. The highest BCUT2D eigenvalue weighted by molar-refractivity contribution is 7.12. The van der Waals surface area contributed by atoms with Crippen LogP contribution in [0, 0.1) is 0 Å². The van der Waals surface area contributed by atoms with Crippen LogP contribution in [0.5, 0.6) is 0 Å². The van der Waals surface area contributed by atoms with E-state index in [-0.39, 0.29) is 5.91 Å². The van der Waals surface area contributed by atoms with E-state index < -0.39 is 0 Å². The molecule has 2 aromatic rings. The minimum absolute atomic E-state index is 0.191. The fraction of sp³-hybridized carbons (Fsp3) is 0.0833. The van der Waals surface area contributed by atoms with Crippen LogP contribution in [-0.2, 0) is 0 Å². The molecule has 2 aromatic heterocycles. The molecule has 17 heavy (non-hydrogen) atoms. The molecule has 0 unspecified atom stereocenters. The van der Waals surface area contributed by atoms with Crippen LogP contribution in [-0.4, -0.2) is 16.6 Å². The van der Waals surface area contributed by atoms with Gasteiger partial charge in [0.05, 0.1) is 10.6 Å². The van der Waals surface area contributed by atoms with Gasteiger partial charge in [-0.2, -0.15) is 5.10 Å². The van der Waals surface area contributed by atoms with Gasteiger partial charge < -0.3 is 0 Å². The van der Waals surface area contributed by atoms with Gasteiger partial charge in [0.1, 0.15) is 0 Å². The number of nitrogens with zero attached hydrogens (tertiary/aromatic N) is 2. The molecule has 0 spiro atoms. The fourth-order valence-corrected chi connectivity index (χ4v) is 1.85. The van der Waals surface area contributed by atoms with Gasteiger partial charge in [0, 0.05) is 18.0 Å². The lowest BCUT2D eigenvalue weighted by Crippen LogP contribution is -2.18. The molecule has 1 N–H and O–H groups in total. The van der Waals surface area contributed by atoms with E-state index in [1.807, 2.05) is 30.5 Å². The first-order valence-electron chi connectivity index (χ1n) is 5.06. The first-order chi connectivity index (χ1) is 8.27. The molecule has 0 aliphatic carbocycles. The maximum absolute atomic E-state index is 11.6. The number of aromatic nitrogens is 1. The second-order valence-corrected chi connectivity index (χ2v) is 4.30. The van der Waals surface area contributed by atoms with Crippen LogP contribution in [0.1, 0.15) is 22.2 Å². The predicted octanol–water partition coefficient (Wildman–Crippen LogP) is 2.30. The number of amides is 1. The van der Waals surface area contributed by atoms with E-state index in [1.165, 1.54) is 11.3 Å². The van der Waals surface area contributed by atoms with Crippen molar-refractivity contribution in [3.63, 3.8) is 0 Å². The molecule has 0 atom stereocenters. The van der Waals surface area contributed by atoms with Crippen molar-refractivity contribution in [2.45, 2.75) is 6.92 Å². The van der Waals surface area contributed by atoms with Crippen molar-refractivity contribution >= 4 is 23.0 Å². The van der Waals surface area contributed by atoms with Gasteiger partial charge in [0.25, 0.3) is 5.91 Å². The van der Waals surface area contributed by atoms with Crippen molar-refractivity contribution in [3.8, 4) is 0 Å². The van der Waals surface area contributed by atoms with E-state index in [0.29, 0.717) is 4.88 Å². The van der Waals surface area contributed by atoms with Crippen molar-refractivity contribution in [2.24, 2.45) is 5.10 Å². The Morgan fingerprint density at radius 1 is 1.41 bits per heavy atom. The number of carbonyl (C=O) groups is 1. The molecular weight excluding hydrogens is 234 g/mol. The minimum atomic E-state index is -0.191. The van der Waals surface area contributed by atoms with Crippen LogP contribution in [0.15, 0.2) is 47.1 Å². The fourth-order valence-electron chi connectivity index (χ4n) is 1.24. The summed E-state index contributed by atoms with van der Waals surface area (Å²) >= 11 is 1.38. The number of nitrogens with one attached hydrogen (secondary N) is 1. The van der Waals surface area contributed by atoms with Crippen molar-refractivity contribution in [1.29, 1.82) is 0 Å². The third kappa shape index (κ3) is 2.98. The summed E-state index contributed by atoms with van der Waals surface area (Å²) in [7, 11) is 0. The average molecular weight is 245 g/mol. The minimum Gasteiger partial charge on any atom is -0.266 e. The molecule has 86 valence electrons. The molecule has 0 radical (unpaired) electrons. The molecule has 2 heterocycles. The Bertz CT molecular complexity index is 520. The Kier molecular flexibility index (Phi) is 3.62. The maximum Gasteiger partial charge on any atom is 0.281 e. The Morgan fingerprint density at radius 2 is 2.29 bits per heavy atom. The van der Waals surface area contributed by atoms with E-state index in [1.54, 1.807) is 18.5 Å². The summed E-state index contributed by atoms with van der Waals surface area (Å²) in [5.41, 5.74) is 4.13. The Balaban J connectivity index is 2.04. The highest BCUT2D eigenvalue weighted by Crippen LogP contribution is 2.07. The number of hydrogen-bond donors (Lipinski definition) is 1. The molecule has 0 fully saturated rings. The third-order valence-corrected chi connectivity index (χ3v) is 3.02. The molecule has 5 heteroatoms. The number of hydrogen-bond acceptors (Lipinski definition) is 4. The number of pyridine rings is 1. The van der Waals surface area contributed by atoms with Crippen LogP contribution < -0.4 is 5.43 Å². The number of thiophene rings is 1. The second kappa shape index (κ2) is 5.36. The largest absolute Gasteiger partial charge is 0.281 e. The van der Waals surface area contributed by atoms with Crippen molar-refractivity contribution in [3.05, 3.63) is 52.5 Å². The summed E-state index contributed by atoms with van der Waals surface area (Å²) in [5.74, 6) is -0.191. The first kappa shape index (κ1) is 11.5. The smallest absolute Gasteiger partial charge is 0.266 e. The molecule has 0 saturated heterocycles. The maximum atomic E-state index is 11.6. The topological polar surface area (TPSA) is 54.4 Å². The second-order valence-electron chi connectivity index (χ2n) is 3.36. The van der Waals surface area contributed by atoms with Gasteiger partial charge in [0.2, 0.25) is 0 Å². The number of hydrazone groups is 1. The van der Waals surface area contributed by atoms with Gasteiger partial charge in [-0.3, -0.25) is 9.78 Å².